The molecule has 0 spiro atoms. The van der Waals surface area contributed by atoms with Crippen LogP contribution in [0, 0.1) is 22.7 Å². The molecule has 1 saturated carbocycles. The third-order valence-electron chi connectivity index (χ3n) is 4.24. The Kier molecular flexibility index (Phi) is 4.95. The second-order valence-electron chi connectivity index (χ2n) is 6.77. The van der Waals surface area contributed by atoms with E-state index in [4.69, 9.17) is 4.74 Å². The Morgan fingerprint density at radius 3 is 2.76 bits per heavy atom. The molecule has 1 aromatic carbocycles. The largest absolute Gasteiger partial charge is 0.381 e. The summed E-state index contributed by atoms with van der Waals surface area (Å²) in [7, 11) is 0. The fourth-order valence-corrected chi connectivity index (χ4v) is 3.01. The van der Waals surface area contributed by atoms with Gasteiger partial charge in [0, 0.05) is 22.5 Å². The van der Waals surface area contributed by atoms with Crippen molar-refractivity contribution in [2.24, 2.45) is 11.3 Å². The van der Waals surface area contributed by atoms with E-state index in [0.29, 0.717) is 23.6 Å². The average Bonchev–Trinajstić information content (AvgIpc) is 2.42. The average molecular weight is 351 g/mol. The van der Waals surface area contributed by atoms with Crippen LogP contribution >= 0.6 is 15.9 Å². The summed E-state index contributed by atoms with van der Waals surface area (Å²) in [4.78, 5) is 0. The van der Waals surface area contributed by atoms with Crippen molar-refractivity contribution in [3.8, 4) is 6.07 Å². The van der Waals surface area contributed by atoms with E-state index in [0.717, 1.165) is 23.2 Å². The third-order valence-corrected chi connectivity index (χ3v) is 4.73. The van der Waals surface area contributed by atoms with Gasteiger partial charge in [-0.25, -0.2) is 0 Å². The lowest BCUT2D eigenvalue weighted by molar-refractivity contribution is -0.108. The van der Waals surface area contributed by atoms with Crippen molar-refractivity contribution in [1.82, 2.24) is 0 Å². The van der Waals surface area contributed by atoms with Crippen LogP contribution in [0.4, 0.5) is 5.69 Å². The molecule has 3 nitrogen and oxygen atoms in total. The molecule has 21 heavy (non-hydrogen) atoms. The summed E-state index contributed by atoms with van der Waals surface area (Å²) in [6, 6.07) is 8.35. The van der Waals surface area contributed by atoms with E-state index in [-0.39, 0.29) is 5.41 Å². The number of nitrogens with zero attached hydrogens (tertiary/aromatic N) is 1. The van der Waals surface area contributed by atoms with E-state index in [9.17, 15) is 5.26 Å². The van der Waals surface area contributed by atoms with Crippen molar-refractivity contribution >= 4 is 21.6 Å². The number of nitrogens with one attached hydrogen (secondary N) is 1. The molecule has 1 aromatic rings. The molecule has 2 unspecified atom stereocenters. The first-order valence-electron chi connectivity index (χ1n) is 7.42. The van der Waals surface area contributed by atoms with E-state index >= 15 is 0 Å². The SMILES string of the molecule is CC(C)COC1CC(Nc2ccc(Br)cc2C#N)C1(C)C. The smallest absolute Gasteiger partial charge is 0.101 e. The molecule has 0 radical (unpaired) electrons. The zero-order valence-corrected chi connectivity index (χ0v) is 14.7. The summed E-state index contributed by atoms with van der Waals surface area (Å²) in [5.74, 6) is 0.560. The predicted octanol–water partition coefficient (Wildman–Crippen LogP) is 4.57. The van der Waals surface area contributed by atoms with Crippen molar-refractivity contribution in [2.45, 2.75) is 46.3 Å². The molecule has 0 aromatic heterocycles. The zero-order chi connectivity index (χ0) is 15.6. The molecule has 2 atom stereocenters. The molecule has 0 heterocycles. The lowest BCUT2D eigenvalue weighted by Gasteiger charge is -2.52. The Labute approximate surface area is 135 Å². The first-order chi connectivity index (χ1) is 9.84. The molecule has 1 aliphatic rings. The van der Waals surface area contributed by atoms with Crippen molar-refractivity contribution in [1.29, 1.82) is 5.26 Å². The molecule has 1 aliphatic carbocycles. The zero-order valence-electron chi connectivity index (χ0n) is 13.1. The maximum Gasteiger partial charge on any atom is 0.101 e. The van der Waals surface area contributed by atoms with Gasteiger partial charge in [0.15, 0.2) is 0 Å². The fourth-order valence-electron chi connectivity index (χ4n) is 2.64. The first-order valence-corrected chi connectivity index (χ1v) is 8.21. The van der Waals surface area contributed by atoms with Crippen molar-refractivity contribution in [2.75, 3.05) is 11.9 Å². The van der Waals surface area contributed by atoms with Gasteiger partial charge in [-0.3, -0.25) is 0 Å². The predicted molar refractivity (Wildman–Crippen MR) is 89.2 cm³/mol. The normalized spacial score (nSPS) is 23.5. The second-order valence-corrected chi connectivity index (χ2v) is 7.69. The highest BCUT2D eigenvalue weighted by molar-refractivity contribution is 9.10. The van der Waals surface area contributed by atoms with Gasteiger partial charge in [-0.2, -0.15) is 5.26 Å². The lowest BCUT2D eigenvalue weighted by atomic mass is 9.64. The van der Waals surface area contributed by atoms with Crippen molar-refractivity contribution in [3.63, 3.8) is 0 Å². The number of ether oxygens (including phenoxy) is 1. The number of anilines is 1. The minimum absolute atomic E-state index is 0.0781. The lowest BCUT2D eigenvalue weighted by Crippen LogP contribution is -2.58. The van der Waals surface area contributed by atoms with Crippen LogP contribution in [0.3, 0.4) is 0 Å². The number of hydrogen-bond acceptors (Lipinski definition) is 3. The third kappa shape index (κ3) is 3.59. The van der Waals surface area contributed by atoms with Crippen molar-refractivity contribution in [3.05, 3.63) is 28.2 Å². The topological polar surface area (TPSA) is 45.0 Å². The standard InChI is InChI=1S/C17H23BrN2O/c1-11(2)10-21-16-8-15(17(16,3)4)20-14-6-5-13(18)7-12(14)9-19/h5-7,11,15-16,20H,8,10H2,1-4H3. The molecule has 0 aliphatic heterocycles. The highest BCUT2D eigenvalue weighted by atomic mass is 79.9. The van der Waals surface area contributed by atoms with Gasteiger partial charge in [0.05, 0.1) is 17.4 Å². The highest BCUT2D eigenvalue weighted by Crippen LogP contribution is 2.44. The van der Waals surface area contributed by atoms with Crippen LogP contribution in [-0.2, 0) is 4.74 Å². The van der Waals surface area contributed by atoms with E-state index < -0.39 is 0 Å². The second kappa shape index (κ2) is 6.37. The number of benzene rings is 1. The summed E-state index contributed by atoms with van der Waals surface area (Å²) in [6.45, 7) is 9.60. The quantitative estimate of drug-likeness (QED) is 0.845. The molecular formula is C17H23BrN2O. The van der Waals surface area contributed by atoms with Gasteiger partial charge in [0.25, 0.3) is 0 Å². The molecule has 2 rings (SSSR count). The van der Waals surface area contributed by atoms with Gasteiger partial charge >= 0.3 is 0 Å². The Balaban J connectivity index is 2.01. The summed E-state index contributed by atoms with van der Waals surface area (Å²) < 4.78 is 6.91. The number of nitriles is 1. The monoisotopic (exact) mass is 350 g/mol. The number of rotatable bonds is 5. The molecule has 1 fully saturated rings. The van der Waals surface area contributed by atoms with Crippen LogP contribution in [0.5, 0.6) is 0 Å². The van der Waals surface area contributed by atoms with Gasteiger partial charge in [0.1, 0.15) is 6.07 Å². The van der Waals surface area contributed by atoms with E-state index in [1.807, 2.05) is 18.2 Å². The molecule has 0 amide bonds. The van der Waals surface area contributed by atoms with Crippen LogP contribution in [0.2, 0.25) is 0 Å². The minimum atomic E-state index is 0.0781. The first kappa shape index (κ1) is 16.3. The molecule has 0 bridgehead atoms. The summed E-state index contributed by atoms with van der Waals surface area (Å²) >= 11 is 3.40. The molecule has 4 heteroatoms. The van der Waals surface area contributed by atoms with E-state index in [1.165, 1.54) is 0 Å². The van der Waals surface area contributed by atoms with Gasteiger partial charge < -0.3 is 10.1 Å². The van der Waals surface area contributed by atoms with Gasteiger partial charge in [-0.05, 0) is 30.5 Å². The van der Waals surface area contributed by atoms with Crippen LogP contribution in [-0.4, -0.2) is 18.8 Å². The summed E-state index contributed by atoms with van der Waals surface area (Å²) in [6.07, 6.45) is 1.28. The number of hydrogen-bond donors (Lipinski definition) is 1. The molecule has 1 N–H and O–H groups in total. The molecule has 0 saturated heterocycles. The number of halogens is 1. The van der Waals surface area contributed by atoms with Gasteiger partial charge in [-0.1, -0.05) is 43.6 Å². The fraction of sp³-hybridized carbons (Fsp3) is 0.588. The highest BCUT2D eigenvalue weighted by Gasteiger charge is 2.49. The van der Waals surface area contributed by atoms with Crippen LogP contribution < -0.4 is 5.32 Å². The van der Waals surface area contributed by atoms with Gasteiger partial charge in [-0.15, -0.1) is 0 Å². The molecule has 114 valence electrons. The van der Waals surface area contributed by atoms with Gasteiger partial charge in [0.2, 0.25) is 0 Å². The Morgan fingerprint density at radius 1 is 1.48 bits per heavy atom. The van der Waals surface area contributed by atoms with E-state index in [2.05, 4.69) is 55.0 Å². The summed E-state index contributed by atoms with van der Waals surface area (Å²) in [5, 5.41) is 12.7. The van der Waals surface area contributed by atoms with Crippen LogP contribution in [0.1, 0.15) is 39.7 Å². The Bertz CT molecular complexity index is 548. The maximum absolute atomic E-state index is 9.24. The van der Waals surface area contributed by atoms with Crippen LogP contribution in [0.15, 0.2) is 22.7 Å². The Morgan fingerprint density at radius 2 is 2.19 bits per heavy atom. The minimum Gasteiger partial charge on any atom is -0.381 e. The molecular weight excluding hydrogens is 328 g/mol. The summed E-state index contributed by atoms with van der Waals surface area (Å²) in [5.41, 5.74) is 1.65. The maximum atomic E-state index is 9.24. The van der Waals surface area contributed by atoms with E-state index in [1.54, 1.807) is 0 Å². The van der Waals surface area contributed by atoms with Crippen LogP contribution in [0.25, 0.3) is 0 Å². The van der Waals surface area contributed by atoms with Crippen molar-refractivity contribution < 1.29 is 4.74 Å². The Hall–Kier alpha value is -1.05.